The summed E-state index contributed by atoms with van der Waals surface area (Å²) in [4.78, 5) is 33.8. The number of nitrogens with one attached hydrogen (secondary N) is 2. The van der Waals surface area contributed by atoms with Crippen LogP contribution in [0.1, 0.15) is 23.2 Å². The van der Waals surface area contributed by atoms with Gasteiger partial charge in [-0.05, 0) is 44.0 Å². The Kier molecular flexibility index (Phi) is 6.56. The first-order chi connectivity index (χ1) is 11.5. The molecule has 9 heteroatoms. The van der Waals surface area contributed by atoms with Crippen molar-refractivity contribution in [3.8, 4) is 0 Å². The Labute approximate surface area is 143 Å². The number of thioether (sulfide) groups is 1. The van der Waals surface area contributed by atoms with Crippen LogP contribution in [0.25, 0.3) is 0 Å². The number of carbonyl (C=O) groups excluding carboxylic acids is 2. The first-order valence-corrected chi connectivity index (χ1v) is 8.64. The van der Waals surface area contributed by atoms with Crippen LogP contribution in [-0.2, 0) is 4.79 Å². The third kappa shape index (κ3) is 5.20. The van der Waals surface area contributed by atoms with Crippen molar-refractivity contribution >= 4 is 29.3 Å². The van der Waals surface area contributed by atoms with Crippen molar-refractivity contribution in [3.05, 3.63) is 33.9 Å². The first kappa shape index (κ1) is 18.2. The Bertz CT molecular complexity index is 632. The van der Waals surface area contributed by atoms with E-state index in [0.717, 1.165) is 43.8 Å². The number of primary amides is 1. The lowest BCUT2D eigenvalue weighted by atomic mass is 10.1. The molecule has 130 valence electrons. The van der Waals surface area contributed by atoms with E-state index in [9.17, 15) is 19.7 Å². The van der Waals surface area contributed by atoms with Gasteiger partial charge in [-0.1, -0.05) is 0 Å². The highest BCUT2D eigenvalue weighted by Crippen LogP contribution is 2.29. The maximum Gasteiger partial charge on any atom is 0.283 e. The van der Waals surface area contributed by atoms with E-state index in [2.05, 4.69) is 10.6 Å². The van der Waals surface area contributed by atoms with Crippen molar-refractivity contribution in [1.29, 1.82) is 0 Å². The van der Waals surface area contributed by atoms with Gasteiger partial charge in [0.2, 0.25) is 11.8 Å². The van der Waals surface area contributed by atoms with Crippen LogP contribution in [0, 0.1) is 16.0 Å². The highest BCUT2D eigenvalue weighted by Gasteiger charge is 2.18. The zero-order chi connectivity index (χ0) is 17.5. The molecular weight excluding hydrogens is 332 g/mol. The van der Waals surface area contributed by atoms with Crippen LogP contribution < -0.4 is 16.4 Å². The van der Waals surface area contributed by atoms with Crippen molar-refractivity contribution in [2.75, 3.05) is 25.4 Å². The molecule has 1 saturated heterocycles. The average Bonchev–Trinajstić information content (AvgIpc) is 3.06. The number of nitrogens with zero attached hydrogens (tertiary/aromatic N) is 1. The van der Waals surface area contributed by atoms with Gasteiger partial charge in [0, 0.05) is 18.2 Å². The lowest BCUT2D eigenvalue weighted by Crippen LogP contribution is -2.27. The smallest absolute Gasteiger partial charge is 0.283 e. The Morgan fingerprint density at radius 3 is 2.88 bits per heavy atom. The second-order valence-corrected chi connectivity index (χ2v) is 6.61. The summed E-state index contributed by atoms with van der Waals surface area (Å²) in [5.41, 5.74) is 4.97. The average molecular weight is 352 g/mol. The number of amides is 2. The Morgan fingerprint density at radius 1 is 1.46 bits per heavy atom. The van der Waals surface area contributed by atoms with E-state index >= 15 is 0 Å². The third-order valence-electron chi connectivity index (χ3n) is 3.84. The van der Waals surface area contributed by atoms with E-state index in [1.165, 1.54) is 12.1 Å². The topological polar surface area (TPSA) is 127 Å². The van der Waals surface area contributed by atoms with Gasteiger partial charge in [-0.2, -0.15) is 0 Å². The number of nitrogens with two attached hydrogens (primary N) is 1. The van der Waals surface area contributed by atoms with E-state index in [4.69, 9.17) is 5.73 Å². The molecule has 0 spiro atoms. The Hall–Kier alpha value is -2.13. The molecule has 0 aliphatic carbocycles. The molecule has 1 atom stereocenters. The number of rotatable bonds is 8. The van der Waals surface area contributed by atoms with Crippen molar-refractivity contribution in [2.24, 2.45) is 11.7 Å². The number of nitro benzene ring substituents is 1. The van der Waals surface area contributed by atoms with Crippen molar-refractivity contribution in [3.63, 3.8) is 0 Å². The maximum atomic E-state index is 11.9. The molecular formula is C15H20N4O4S. The number of hydrogen-bond acceptors (Lipinski definition) is 6. The standard InChI is InChI=1S/C15H20N4O4S/c16-15(21)11-1-2-13(12(7-11)19(22)23)24-9-14(20)18-6-4-10-3-5-17-8-10/h1-2,7,10,17H,3-6,8-9H2,(H2,16,21)(H,18,20). The van der Waals surface area contributed by atoms with Crippen LogP contribution in [-0.4, -0.2) is 42.1 Å². The lowest BCUT2D eigenvalue weighted by Gasteiger charge is -2.09. The van der Waals surface area contributed by atoms with Gasteiger partial charge < -0.3 is 16.4 Å². The predicted octanol–water partition coefficient (Wildman–Crippen LogP) is 0.902. The molecule has 4 N–H and O–H groups in total. The normalized spacial score (nSPS) is 16.8. The molecule has 0 saturated carbocycles. The quantitative estimate of drug-likeness (QED) is 0.362. The molecule has 1 heterocycles. The summed E-state index contributed by atoms with van der Waals surface area (Å²) < 4.78 is 0. The van der Waals surface area contributed by atoms with E-state index in [0.29, 0.717) is 17.4 Å². The molecule has 8 nitrogen and oxygen atoms in total. The van der Waals surface area contributed by atoms with Crippen LogP contribution in [0.2, 0.25) is 0 Å². The molecule has 1 aromatic rings. The lowest BCUT2D eigenvalue weighted by molar-refractivity contribution is -0.387. The molecule has 1 aliphatic rings. The molecule has 0 radical (unpaired) electrons. The largest absolute Gasteiger partial charge is 0.366 e. The Morgan fingerprint density at radius 2 is 2.25 bits per heavy atom. The summed E-state index contributed by atoms with van der Waals surface area (Å²) in [6.45, 7) is 2.62. The summed E-state index contributed by atoms with van der Waals surface area (Å²) in [6, 6.07) is 4.00. The van der Waals surface area contributed by atoms with Crippen LogP contribution in [0.3, 0.4) is 0 Å². The second-order valence-electron chi connectivity index (χ2n) is 5.59. The van der Waals surface area contributed by atoms with Gasteiger partial charge >= 0.3 is 0 Å². The van der Waals surface area contributed by atoms with Crippen molar-refractivity contribution in [1.82, 2.24) is 10.6 Å². The number of hydrogen-bond donors (Lipinski definition) is 3. The summed E-state index contributed by atoms with van der Waals surface area (Å²) in [6.07, 6.45) is 2.06. The van der Waals surface area contributed by atoms with Crippen LogP contribution in [0.15, 0.2) is 23.1 Å². The fraction of sp³-hybridized carbons (Fsp3) is 0.467. The molecule has 1 unspecified atom stereocenters. The van der Waals surface area contributed by atoms with Crippen molar-refractivity contribution in [2.45, 2.75) is 17.7 Å². The molecule has 2 rings (SSSR count). The van der Waals surface area contributed by atoms with Crippen molar-refractivity contribution < 1.29 is 14.5 Å². The molecule has 24 heavy (non-hydrogen) atoms. The van der Waals surface area contributed by atoms with E-state index in [-0.39, 0.29) is 22.9 Å². The third-order valence-corrected chi connectivity index (χ3v) is 4.90. The van der Waals surface area contributed by atoms with E-state index in [1.807, 2.05) is 0 Å². The van der Waals surface area contributed by atoms with Crippen LogP contribution in [0.5, 0.6) is 0 Å². The zero-order valence-electron chi connectivity index (χ0n) is 13.1. The first-order valence-electron chi connectivity index (χ1n) is 7.66. The summed E-state index contributed by atoms with van der Waals surface area (Å²) in [7, 11) is 0. The van der Waals surface area contributed by atoms with Crippen LogP contribution in [0.4, 0.5) is 5.69 Å². The minimum Gasteiger partial charge on any atom is -0.366 e. The maximum absolute atomic E-state index is 11.9. The number of nitro groups is 1. The zero-order valence-corrected chi connectivity index (χ0v) is 13.9. The second kappa shape index (κ2) is 8.65. The van der Waals surface area contributed by atoms with Gasteiger partial charge in [0.15, 0.2) is 0 Å². The summed E-state index contributed by atoms with van der Waals surface area (Å²) in [5, 5.41) is 17.2. The fourth-order valence-corrected chi connectivity index (χ4v) is 3.34. The van der Waals surface area contributed by atoms with E-state index < -0.39 is 10.8 Å². The molecule has 1 aliphatic heterocycles. The molecule has 1 aromatic carbocycles. The highest BCUT2D eigenvalue weighted by molar-refractivity contribution is 8.00. The molecule has 1 fully saturated rings. The molecule has 0 bridgehead atoms. The van der Waals surface area contributed by atoms with Gasteiger partial charge in [-0.25, -0.2) is 0 Å². The predicted molar refractivity (Wildman–Crippen MR) is 90.9 cm³/mol. The van der Waals surface area contributed by atoms with Gasteiger partial charge in [0.05, 0.1) is 15.6 Å². The van der Waals surface area contributed by atoms with E-state index in [1.54, 1.807) is 0 Å². The molecule has 0 aromatic heterocycles. The molecule has 2 amide bonds. The Balaban J connectivity index is 1.85. The minimum atomic E-state index is -0.728. The monoisotopic (exact) mass is 352 g/mol. The van der Waals surface area contributed by atoms with Crippen LogP contribution >= 0.6 is 11.8 Å². The SMILES string of the molecule is NC(=O)c1ccc(SCC(=O)NCCC2CCNC2)c([N+](=O)[O-])c1. The van der Waals surface area contributed by atoms with Gasteiger partial charge in [0.1, 0.15) is 0 Å². The number of benzene rings is 1. The van der Waals surface area contributed by atoms with Gasteiger partial charge in [-0.3, -0.25) is 19.7 Å². The summed E-state index contributed by atoms with van der Waals surface area (Å²) in [5.74, 6) is -0.215. The number of carbonyl (C=O) groups is 2. The van der Waals surface area contributed by atoms with Gasteiger partial charge in [-0.15, -0.1) is 11.8 Å². The minimum absolute atomic E-state index is 0.0701. The highest BCUT2D eigenvalue weighted by atomic mass is 32.2. The van der Waals surface area contributed by atoms with Gasteiger partial charge in [0.25, 0.3) is 5.69 Å². The fourth-order valence-electron chi connectivity index (χ4n) is 2.51. The summed E-state index contributed by atoms with van der Waals surface area (Å²) >= 11 is 1.07.